The molecule has 0 aromatic carbocycles. The highest BCUT2D eigenvalue weighted by atomic mass is 16.4. The number of amides is 1. The van der Waals surface area contributed by atoms with E-state index < -0.39 is 5.97 Å². The molecule has 9 heteroatoms. The van der Waals surface area contributed by atoms with Crippen LogP contribution < -0.4 is 11.1 Å². The molecular formula is C11H12N6O3. The lowest BCUT2D eigenvalue weighted by Gasteiger charge is -2.05. The van der Waals surface area contributed by atoms with Crippen LogP contribution in [0.4, 0.5) is 5.69 Å². The molecule has 0 fully saturated rings. The Labute approximate surface area is 113 Å². The molecular weight excluding hydrogens is 264 g/mol. The van der Waals surface area contributed by atoms with E-state index in [4.69, 9.17) is 10.8 Å². The van der Waals surface area contributed by atoms with E-state index in [1.54, 1.807) is 6.20 Å². The number of carbonyl (C=O) groups is 2. The van der Waals surface area contributed by atoms with Gasteiger partial charge in [-0.3, -0.25) is 9.78 Å². The van der Waals surface area contributed by atoms with E-state index in [-0.39, 0.29) is 24.6 Å². The quantitative estimate of drug-likeness (QED) is 0.667. The van der Waals surface area contributed by atoms with Gasteiger partial charge in [0.25, 0.3) is 0 Å². The van der Waals surface area contributed by atoms with E-state index in [1.807, 2.05) is 0 Å². The fourth-order valence-electron chi connectivity index (χ4n) is 1.48. The van der Waals surface area contributed by atoms with Crippen molar-refractivity contribution in [3.8, 4) is 0 Å². The van der Waals surface area contributed by atoms with Crippen molar-refractivity contribution in [2.45, 2.75) is 13.1 Å². The minimum absolute atomic E-state index is 0.00558. The summed E-state index contributed by atoms with van der Waals surface area (Å²) in [5.41, 5.74) is 6.25. The molecule has 9 nitrogen and oxygen atoms in total. The van der Waals surface area contributed by atoms with Gasteiger partial charge in [-0.05, 0) is 6.07 Å². The molecule has 2 aromatic rings. The molecule has 0 radical (unpaired) electrons. The molecule has 0 aliphatic heterocycles. The maximum absolute atomic E-state index is 11.8. The number of hydrogen-bond donors (Lipinski definition) is 3. The minimum atomic E-state index is -1.11. The van der Waals surface area contributed by atoms with Gasteiger partial charge in [0, 0.05) is 12.7 Å². The Bertz CT molecular complexity index is 639. The predicted octanol–water partition coefficient (Wildman–Crippen LogP) is -0.531. The third kappa shape index (κ3) is 3.36. The summed E-state index contributed by atoms with van der Waals surface area (Å²) in [6, 6.07) is 1.32. The lowest BCUT2D eigenvalue weighted by molar-refractivity contribution is -0.116. The average molecular weight is 276 g/mol. The standard InChI is InChI=1S/C11H12N6O3/c12-2-9-5-17(16-15-9)6-10(18)14-8-1-7(11(19)20)3-13-4-8/h1,3-5H,2,6,12H2,(H,14,18)(H,19,20). The summed E-state index contributed by atoms with van der Waals surface area (Å²) >= 11 is 0. The second-order valence-corrected chi connectivity index (χ2v) is 3.93. The zero-order valence-electron chi connectivity index (χ0n) is 10.4. The van der Waals surface area contributed by atoms with Gasteiger partial charge in [0.05, 0.1) is 29.3 Å². The van der Waals surface area contributed by atoms with Crippen LogP contribution in [0.5, 0.6) is 0 Å². The van der Waals surface area contributed by atoms with Crippen LogP contribution in [0.25, 0.3) is 0 Å². The fourth-order valence-corrected chi connectivity index (χ4v) is 1.48. The second-order valence-electron chi connectivity index (χ2n) is 3.93. The van der Waals surface area contributed by atoms with E-state index in [0.29, 0.717) is 11.4 Å². The SMILES string of the molecule is NCc1cn(CC(=O)Nc2cncc(C(=O)O)c2)nn1. The van der Waals surface area contributed by atoms with Gasteiger partial charge in [0.1, 0.15) is 6.54 Å². The number of nitrogens with zero attached hydrogens (tertiary/aromatic N) is 4. The van der Waals surface area contributed by atoms with E-state index in [1.165, 1.54) is 23.1 Å². The maximum Gasteiger partial charge on any atom is 0.337 e. The van der Waals surface area contributed by atoms with Crippen LogP contribution in [0.2, 0.25) is 0 Å². The number of pyridine rings is 1. The maximum atomic E-state index is 11.8. The van der Waals surface area contributed by atoms with Gasteiger partial charge in [0.15, 0.2) is 0 Å². The molecule has 0 aliphatic carbocycles. The number of nitrogens with one attached hydrogen (secondary N) is 1. The first-order valence-electron chi connectivity index (χ1n) is 5.66. The molecule has 0 spiro atoms. The summed E-state index contributed by atoms with van der Waals surface area (Å²) in [7, 11) is 0. The van der Waals surface area contributed by atoms with Crippen molar-refractivity contribution >= 4 is 17.6 Å². The highest BCUT2D eigenvalue weighted by Gasteiger charge is 2.08. The Balaban J connectivity index is 2.00. The lowest BCUT2D eigenvalue weighted by Crippen LogP contribution is -2.19. The molecule has 0 bridgehead atoms. The number of aromatic nitrogens is 4. The smallest absolute Gasteiger partial charge is 0.337 e. The lowest BCUT2D eigenvalue weighted by atomic mass is 10.2. The van der Waals surface area contributed by atoms with Gasteiger partial charge >= 0.3 is 5.97 Å². The van der Waals surface area contributed by atoms with E-state index >= 15 is 0 Å². The number of anilines is 1. The van der Waals surface area contributed by atoms with Crippen LogP contribution in [-0.4, -0.2) is 37.0 Å². The number of carboxylic acid groups (broad SMARTS) is 1. The predicted molar refractivity (Wildman–Crippen MR) is 67.7 cm³/mol. The molecule has 0 atom stereocenters. The molecule has 2 aromatic heterocycles. The number of nitrogens with two attached hydrogens (primary N) is 1. The summed E-state index contributed by atoms with van der Waals surface area (Å²) in [6.07, 6.45) is 4.12. The Morgan fingerprint density at radius 1 is 1.40 bits per heavy atom. The van der Waals surface area contributed by atoms with Crippen LogP contribution in [0.1, 0.15) is 16.1 Å². The molecule has 104 valence electrons. The van der Waals surface area contributed by atoms with Crippen molar-refractivity contribution in [3.05, 3.63) is 35.9 Å². The van der Waals surface area contributed by atoms with E-state index in [2.05, 4.69) is 20.6 Å². The Morgan fingerprint density at radius 3 is 2.85 bits per heavy atom. The molecule has 0 saturated carbocycles. The Hall–Kier alpha value is -2.81. The van der Waals surface area contributed by atoms with Gasteiger partial charge in [-0.1, -0.05) is 5.21 Å². The highest BCUT2D eigenvalue weighted by Crippen LogP contribution is 2.08. The van der Waals surface area contributed by atoms with Crippen LogP contribution in [-0.2, 0) is 17.9 Å². The first-order chi connectivity index (χ1) is 9.58. The molecule has 0 aliphatic rings. The van der Waals surface area contributed by atoms with Crippen molar-refractivity contribution < 1.29 is 14.7 Å². The second kappa shape index (κ2) is 5.89. The van der Waals surface area contributed by atoms with Crippen LogP contribution in [0.15, 0.2) is 24.7 Å². The Morgan fingerprint density at radius 2 is 2.20 bits per heavy atom. The van der Waals surface area contributed by atoms with Gasteiger partial charge in [-0.2, -0.15) is 0 Å². The minimum Gasteiger partial charge on any atom is -0.478 e. The monoisotopic (exact) mass is 276 g/mol. The molecule has 4 N–H and O–H groups in total. The summed E-state index contributed by atoms with van der Waals surface area (Å²) in [5.74, 6) is -1.49. The highest BCUT2D eigenvalue weighted by molar-refractivity contribution is 5.93. The van der Waals surface area contributed by atoms with E-state index in [0.717, 1.165) is 0 Å². The summed E-state index contributed by atoms with van der Waals surface area (Å²) in [4.78, 5) is 26.3. The van der Waals surface area contributed by atoms with Crippen molar-refractivity contribution in [1.29, 1.82) is 0 Å². The third-order valence-electron chi connectivity index (χ3n) is 2.37. The first-order valence-corrected chi connectivity index (χ1v) is 5.66. The summed E-state index contributed by atoms with van der Waals surface area (Å²) < 4.78 is 1.34. The fraction of sp³-hybridized carbons (Fsp3) is 0.182. The van der Waals surface area contributed by atoms with Crippen molar-refractivity contribution in [2.75, 3.05) is 5.32 Å². The molecule has 0 saturated heterocycles. The molecule has 2 rings (SSSR count). The zero-order valence-corrected chi connectivity index (χ0v) is 10.4. The topological polar surface area (TPSA) is 136 Å². The molecule has 20 heavy (non-hydrogen) atoms. The molecule has 2 heterocycles. The van der Waals surface area contributed by atoms with Gasteiger partial charge in [0.2, 0.25) is 5.91 Å². The number of carbonyl (C=O) groups excluding carboxylic acids is 1. The number of rotatable bonds is 5. The first kappa shape index (κ1) is 13.6. The number of hydrogen-bond acceptors (Lipinski definition) is 6. The summed E-state index contributed by atoms with van der Waals surface area (Å²) in [5, 5.41) is 18.8. The van der Waals surface area contributed by atoms with Crippen LogP contribution in [0, 0.1) is 0 Å². The molecule has 0 unspecified atom stereocenters. The molecule has 1 amide bonds. The number of aromatic carboxylic acids is 1. The normalized spacial score (nSPS) is 10.2. The summed E-state index contributed by atoms with van der Waals surface area (Å²) in [6.45, 7) is 0.191. The van der Waals surface area contributed by atoms with Crippen molar-refractivity contribution in [1.82, 2.24) is 20.0 Å². The average Bonchev–Trinajstić information content (AvgIpc) is 2.86. The van der Waals surface area contributed by atoms with Gasteiger partial charge in [-0.15, -0.1) is 5.10 Å². The third-order valence-corrected chi connectivity index (χ3v) is 2.37. The zero-order chi connectivity index (χ0) is 14.5. The van der Waals surface area contributed by atoms with Crippen molar-refractivity contribution in [2.24, 2.45) is 5.73 Å². The van der Waals surface area contributed by atoms with E-state index in [9.17, 15) is 9.59 Å². The van der Waals surface area contributed by atoms with Crippen molar-refractivity contribution in [3.63, 3.8) is 0 Å². The Kier molecular flexibility index (Phi) is 4.01. The number of carboxylic acids is 1. The van der Waals surface area contributed by atoms with Gasteiger partial charge in [-0.25, -0.2) is 9.48 Å². The van der Waals surface area contributed by atoms with Crippen LogP contribution >= 0.6 is 0 Å². The largest absolute Gasteiger partial charge is 0.478 e. The van der Waals surface area contributed by atoms with Gasteiger partial charge < -0.3 is 16.2 Å². The van der Waals surface area contributed by atoms with Crippen LogP contribution in [0.3, 0.4) is 0 Å².